The lowest BCUT2D eigenvalue weighted by atomic mass is 10.1. The second-order valence-electron chi connectivity index (χ2n) is 4.22. The maximum Gasteiger partial charge on any atom is 0.163 e. The van der Waals surface area contributed by atoms with Crippen molar-refractivity contribution in [2.24, 2.45) is 0 Å². The zero-order valence-electron chi connectivity index (χ0n) is 10.0. The van der Waals surface area contributed by atoms with E-state index in [9.17, 15) is 0 Å². The van der Waals surface area contributed by atoms with E-state index in [0.29, 0.717) is 35.8 Å². The minimum Gasteiger partial charge on any atom is -0.226 e. The summed E-state index contributed by atoms with van der Waals surface area (Å²) in [6, 6.07) is 5.45. The molecule has 0 atom stereocenters. The molecule has 0 spiro atoms. The number of benzene rings is 1. The average molecular weight is 364 g/mol. The molecule has 0 radical (unpaired) electrons. The van der Waals surface area contributed by atoms with E-state index in [1.54, 1.807) is 6.07 Å². The van der Waals surface area contributed by atoms with Crippen LogP contribution in [0.5, 0.6) is 0 Å². The Morgan fingerprint density at radius 1 is 1.00 bits per heavy atom. The molecule has 0 fully saturated rings. The second kappa shape index (κ2) is 5.32. The van der Waals surface area contributed by atoms with E-state index in [4.69, 9.17) is 46.4 Å². The normalized spacial score (nSPS) is 11.2. The van der Waals surface area contributed by atoms with E-state index in [2.05, 4.69) is 9.97 Å². The standard InChI is InChI=1S/C13H6Cl4N2S/c1-5-2-6-10(8(14)3-5)18-13(19-11(6)16)7-4-9(15)20-12(7)17/h2-4H,1H3. The molecule has 2 nitrogen and oxygen atoms in total. The Labute approximate surface area is 139 Å². The largest absolute Gasteiger partial charge is 0.226 e. The molecule has 7 heteroatoms. The zero-order valence-corrected chi connectivity index (χ0v) is 13.9. The molecule has 2 heterocycles. The minimum atomic E-state index is 0.342. The lowest BCUT2D eigenvalue weighted by Gasteiger charge is -2.06. The Balaban J connectivity index is 2.32. The molecule has 102 valence electrons. The fraction of sp³-hybridized carbons (Fsp3) is 0.0769. The maximum absolute atomic E-state index is 6.23. The van der Waals surface area contributed by atoms with Gasteiger partial charge >= 0.3 is 0 Å². The predicted octanol–water partition coefficient (Wildman–Crippen LogP) is 6.28. The van der Waals surface area contributed by atoms with Crippen LogP contribution in [0.1, 0.15) is 5.56 Å². The second-order valence-corrected chi connectivity index (χ2v) is 7.27. The molecule has 0 saturated heterocycles. The van der Waals surface area contributed by atoms with E-state index < -0.39 is 0 Å². The highest BCUT2D eigenvalue weighted by Crippen LogP contribution is 2.38. The van der Waals surface area contributed by atoms with Crippen molar-refractivity contribution in [2.45, 2.75) is 6.92 Å². The number of hydrogen-bond acceptors (Lipinski definition) is 3. The van der Waals surface area contributed by atoms with Gasteiger partial charge in [0.25, 0.3) is 0 Å². The molecule has 3 rings (SSSR count). The minimum absolute atomic E-state index is 0.342. The molecule has 0 aliphatic heterocycles. The van der Waals surface area contributed by atoms with Gasteiger partial charge in [-0.1, -0.05) is 46.4 Å². The number of aryl methyl sites for hydroxylation is 1. The Morgan fingerprint density at radius 2 is 1.75 bits per heavy atom. The lowest BCUT2D eigenvalue weighted by molar-refractivity contribution is 1.23. The zero-order chi connectivity index (χ0) is 14.4. The first-order chi connectivity index (χ1) is 9.45. The number of thiophene rings is 1. The van der Waals surface area contributed by atoms with Crippen LogP contribution in [0.2, 0.25) is 18.8 Å². The smallest absolute Gasteiger partial charge is 0.163 e. The first-order valence-corrected chi connectivity index (χ1v) is 7.87. The fourth-order valence-corrected chi connectivity index (χ4v) is 3.90. The monoisotopic (exact) mass is 362 g/mol. The number of nitrogens with zero attached hydrogens (tertiary/aromatic N) is 2. The SMILES string of the molecule is Cc1cc(Cl)c2nc(-c3cc(Cl)sc3Cl)nc(Cl)c2c1. The van der Waals surface area contributed by atoms with Crippen molar-refractivity contribution in [1.82, 2.24) is 9.97 Å². The summed E-state index contributed by atoms with van der Waals surface area (Å²) in [5, 5.41) is 1.59. The molecule has 2 aromatic heterocycles. The van der Waals surface area contributed by atoms with Gasteiger partial charge in [0.15, 0.2) is 5.82 Å². The van der Waals surface area contributed by atoms with Crippen LogP contribution in [-0.2, 0) is 0 Å². The molecular weight excluding hydrogens is 358 g/mol. The van der Waals surface area contributed by atoms with Crippen LogP contribution in [-0.4, -0.2) is 9.97 Å². The third-order valence-electron chi connectivity index (χ3n) is 2.75. The Hall–Kier alpha value is -0.580. The van der Waals surface area contributed by atoms with Crippen molar-refractivity contribution < 1.29 is 0 Å². The lowest BCUT2D eigenvalue weighted by Crippen LogP contribution is -1.92. The van der Waals surface area contributed by atoms with Crippen LogP contribution in [0.3, 0.4) is 0 Å². The number of fused-ring (bicyclic) bond motifs is 1. The van der Waals surface area contributed by atoms with Crippen LogP contribution >= 0.6 is 57.7 Å². The van der Waals surface area contributed by atoms with Gasteiger partial charge in [-0.25, -0.2) is 9.97 Å². The van der Waals surface area contributed by atoms with Crippen LogP contribution in [0.25, 0.3) is 22.3 Å². The van der Waals surface area contributed by atoms with Gasteiger partial charge in [0.1, 0.15) is 9.49 Å². The molecule has 0 aliphatic rings. The van der Waals surface area contributed by atoms with E-state index >= 15 is 0 Å². The number of hydrogen-bond donors (Lipinski definition) is 0. The first-order valence-electron chi connectivity index (χ1n) is 5.54. The fourth-order valence-electron chi connectivity index (χ4n) is 1.90. The molecule has 20 heavy (non-hydrogen) atoms. The summed E-state index contributed by atoms with van der Waals surface area (Å²) in [5.74, 6) is 0.418. The Morgan fingerprint density at radius 3 is 2.40 bits per heavy atom. The molecule has 0 bridgehead atoms. The van der Waals surface area contributed by atoms with Crippen LogP contribution in [0.15, 0.2) is 18.2 Å². The number of rotatable bonds is 1. The average Bonchev–Trinajstić information content (AvgIpc) is 2.69. The van der Waals surface area contributed by atoms with Gasteiger partial charge in [0, 0.05) is 5.39 Å². The molecular formula is C13H6Cl4N2S. The van der Waals surface area contributed by atoms with Gasteiger partial charge in [-0.15, -0.1) is 11.3 Å². The first kappa shape index (κ1) is 14.4. The summed E-state index contributed by atoms with van der Waals surface area (Å²) in [5.41, 5.74) is 2.25. The van der Waals surface area contributed by atoms with Crippen molar-refractivity contribution in [3.05, 3.63) is 42.6 Å². The van der Waals surface area contributed by atoms with Gasteiger partial charge in [-0.3, -0.25) is 0 Å². The molecule has 0 N–H and O–H groups in total. The van der Waals surface area contributed by atoms with Crippen molar-refractivity contribution in [1.29, 1.82) is 0 Å². The maximum atomic E-state index is 6.23. The van der Waals surface area contributed by atoms with E-state index in [-0.39, 0.29) is 0 Å². The van der Waals surface area contributed by atoms with E-state index in [1.165, 1.54) is 11.3 Å². The number of aromatic nitrogens is 2. The van der Waals surface area contributed by atoms with Crippen LogP contribution in [0.4, 0.5) is 0 Å². The van der Waals surface area contributed by atoms with Crippen molar-refractivity contribution in [2.75, 3.05) is 0 Å². The highest BCUT2D eigenvalue weighted by atomic mass is 35.5. The molecule has 0 saturated carbocycles. The van der Waals surface area contributed by atoms with Gasteiger partial charge in [-0.05, 0) is 30.7 Å². The van der Waals surface area contributed by atoms with Gasteiger partial charge in [0.2, 0.25) is 0 Å². The highest BCUT2D eigenvalue weighted by Gasteiger charge is 2.15. The van der Waals surface area contributed by atoms with Crippen molar-refractivity contribution >= 4 is 68.6 Å². The van der Waals surface area contributed by atoms with E-state index in [0.717, 1.165) is 10.9 Å². The summed E-state index contributed by atoms with van der Waals surface area (Å²) in [7, 11) is 0. The van der Waals surface area contributed by atoms with Crippen molar-refractivity contribution in [3.63, 3.8) is 0 Å². The summed E-state index contributed by atoms with van der Waals surface area (Å²) in [4.78, 5) is 8.74. The van der Waals surface area contributed by atoms with Crippen molar-refractivity contribution in [3.8, 4) is 11.4 Å². The highest BCUT2D eigenvalue weighted by molar-refractivity contribution is 7.20. The Bertz CT molecular complexity index is 829. The topological polar surface area (TPSA) is 25.8 Å². The van der Waals surface area contributed by atoms with Gasteiger partial charge in [0.05, 0.1) is 20.4 Å². The summed E-state index contributed by atoms with van der Waals surface area (Å²) in [6.45, 7) is 1.94. The molecule has 0 amide bonds. The summed E-state index contributed by atoms with van der Waals surface area (Å²) >= 11 is 25.8. The third-order valence-corrected chi connectivity index (χ3v) is 4.81. The number of halogens is 4. The van der Waals surface area contributed by atoms with E-state index in [1.807, 2.05) is 19.1 Å². The molecule has 0 aliphatic carbocycles. The quantitative estimate of drug-likeness (QED) is 0.475. The Kier molecular flexibility index (Phi) is 3.82. The van der Waals surface area contributed by atoms with Gasteiger partial charge in [-0.2, -0.15) is 0 Å². The molecule has 0 unspecified atom stereocenters. The third kappa shape index (κ3) is 2.49. The summed E-state index contributed by atoms with van der Waals surface area (Å²) in [6.07, 6.45) is 0. The van der Waals surface area contributed by atoms with Gasteiger partial charge < -0.3 is 0 Å². The van der Waals surface area contributed by atoms with Crippen LogP contribution in [0, 0.1) is 6.92 Å². The molecule has 1 aromatic carbocycles. The predicted molar refractivity (Wildman–Crippen MR) is 87.6 cm³/mol. The molecule has 3 aromatic rings. The summed E-state index contributed by atoms with van der Waals surface area (Å²) < 4.78 is 1.09. The van der Waals surface area contributed by atoms with Crippen LogP contribution < -0.4 is 0 Å².